The average molecular weight is 500 g/mol. The van der Waals surface area contributed by atoms with Crippen LogP contribution in [0.5, 0.6) is 11.5 Å². The number of benzene rings is 3. The molecule has 178 valence electrons. The molecule has 3 aromatic carbocycles. The Labute approximate surface area is 210 Å². The molecule has 3 aromatic rings. The minimum Gasteiger partial charge on any atom is -0.493 e. The normalized spacial score (nSPS) is 10.8. The van der Waals surface area contributed by atoms with E-state index >= 15 is 0 Å². The van der Waals surface area contributed by atoms with Gasteiger partial charge in [0.25, 0.3) is 5.91 Å². The Morgan fingerprint density at radius 3 is 2.50 bits per heavy atom. The zero-order valence-corrected chi connectivity index (χ0v) is 20.9. The van der Waals surface area contributed by atoms with E-state index < -0.39 is 0 Å². The van der Waals surface area contributed by atoms with E-state index in [0.717, 1.165) is 29.4 Å². The number of rotatable bonds is 10. The Balaban J connectivity index is 1.85. The zero-order valence-electron chi connectivity index (χ0n) is 19.4. The molecule has 0 spiro atoms. The zero-order chi connectivity index (χ0) is 24.7. The Hall–Kier alpha value is -3.02. The molecule has 0 fully saturated rings. The van der Waals surface area contributed by atoms with Gasteiger partial charge < -0.3 is 14.8 Å². The lowest BCUT2D eigenvalue weighted by atomic mass is 10.0. The summed E-state index contributed by atoms with van der Waals surface area (Å²) in [5, 5.41) is 3.75. The van der Waals surface area contributed by atoms with E-state index in [9.17, 15) is 9.59 Å². The van der Waals surface area contributed by atoms with Crippen LogP contribution in [0.4, 0.5) is 0 Å². The summed E-state index contributed by atoms with van der Waals surface area (Å²) in [4.78, 5) is 24.1. The monoisotopic (exact) mass is 499 g/mol. The third kappa shape index (κ3) is 6.52. The second-order valence-corrected chi connectivity index (χ2v) is 8.83. The van der Waals surface area contributed by atoms with Gasteiger partial charge in [0.15, 0.2) is 0 Å². The van der Waals surface area contributed by atoms with Gasteiger partial charge in [0.05, 0.1) is 23.3 Å². The summed E-state index contributed by atoms with van der Waals surface area (Å²) >= 11 is 12.7. The SMILES string of the molecule is CCCOc1ccc(-c2cc(C=O)ccc2Cl)cc1CNC(=O)c1ccc(OC(C)C)cc1Cl. The van der Waals surface area contributed by atoms with Crippen LogP contribution in [0, 0.1) is 0 Å². The van der Waals surface area contributed by atoms with Gasteiger partial charge in [-0.25, -0.2) is 0 Å². The molecule has 0 saturated heterocycles. The molecule has 5 nitrogen and oxygen atoms in total. The Bertz CT molecular complexity index is 1180. The summed E-state index contributed by atoms with van der Waals surface area (Å²) in [5.74, 6) is 0.961. The average Bonchev–Trinajstić information content (AvgIpc) is 2.81. The second kappa shape index (κ2) is 11.9. The van der Waals surface area contributed by atoms with Gasteiger partial charge in [-0.1, -0.05) is 42.3 Å². The molecule has 0 aromatic heterocycles. The van der Waals surface area contributed by atoms with E-state index in [1.165, 1.54) is 0 Å². The van der Waals surface area contributed by atoms with Crippen molar-refractivity contribution in [3.8, 4) is 22.6 Å². The lowest BCUT2D eigenvalue weighted by Crippen LogP contribution is -2.23. The molecule has 0 aliphatic heterocycles. The number of carbonyl (C=O) groups excluding carboxylic acids is 2. The number of aldehydes is 1. The molecule has 3 rings (SSSR count). The van der Waals surface area contributed by atoms with Crippen LogP contribution in [0.2, 0.25) is 10.0 Å². The molecule has 0 saturated carbocycles. The van der Waals surface area contributed by atoms with Gasteiger partial charge in [0.2, 0.25) is 0 Å². The Morgan fingerprint density at radius 2 is 1.82 bits per heavy atom. The van der Waals surface area contributed by atoms with Crippen LogP contribution >= 0.6 is 23.2 Å². The fourth-order valence-corrected chi connectivity index (χ4v) is 3.85. The number of ether oxygens (including phenoxy) is 2. The van der Waals surface area contributed by atoms with Gasteiger partial charge >= 0.3 is 0 Å². The summed E-state index contributed by atoms with van der Waals surface area (Å²) in [6.45, 7) is 6.63. The van der Waals surface area contributed by atoms with Crippen LogP contribution in [0.3, 0.4) is 0 Å². The van der Waals surface area contributed by atoms with Crippen LogP contribution in [0.1, 0.15) is 53.5 Å². The molecule has 0 aliphatic carbocycles. The largest absolute Gasteiger partial charge is 0.493 e. The highest BCUT2D eigenvalue weighted by Crippen LogP contribution is 2.32. The molecule has 0 aliphatic rings. The molecule has 34 heavy (non-hydrogen) atoms. The molecular weight excluding hydrogens is 473 g/mol. The summed E-state index contributed by atoms with van der Waals surface area (Å²) in [6, 6.07) is 15.7. The summed E-state index contributed by atoms with van der Waals surface area (Å²) in [7, 11) is 0. The number of amides is 1. The minimum atomic E-state index is -0.311. The fraction of sp³-hybridized carbons (Fsp3) is 0.259. The van der Waals surface area contributed by atoms with E-state index in [2.05, 4.69) is 5.32 Å². The van der Waals surface area contributed by atoms with E-state index in [1.54, 1.807) is 36.4 Å². The van der Waals surface area contributed by atoms with Crippen molar-refractivity contribution in [2.45, 2.75) is 39.8 Å². The van der Waals surface area contributed by atoms with Gasteiger partial charge in [0, 0.05) is 28.3 Å². The first-order chi connectivity index (χ1) is 16.3. The van der Waals surface area contributed by atoms with Gasteiger partial charge in [-0.2, -0.15) is 0 Å². The topological polar surface area (TPSA) is 64.6 Å². The van der Waals surface area contributed by atoms with Gasteiger partial charge in [-0.05, 0) is 68.3 Å². The van der Waals surface area contributed by atoms with Crippen LogP contribution < -0.4 is 14.8 Å². The maximum absolute atomic E-state index is 12.9. The molecule has 0 bridgehead atoms. The van der Waals surface area contributed by atoms with Crippen molar-refractivity contribution >= 4 is 35.4 Å². The molecule has 1 N–H and O–H groups in total. The number of halogens is 2. The predicted molar refractivity (Wildman–Crippen MR) is 136 cm³/mol. The highest BCUT2D eigenvalue weighted by atomic mass is 35.5. The highest BCUT2D eigenvalue weighted by Gasteiger charge is 2.15. The first-order valence-corrected chi connectivity index (χ1v) is 11.8. The molecule has 0 unspecified atom stereocenters. The van der Waals surface area contributed by atoms with Gasteiger partial charge in [-0.3, -0.25) is 9.59 Å². The lowest BCUT2D eigenvalue weighted by molar-refractivity contribution is 0.0950. The molecule has 7 heteroatoms. The quantitative estimate of drug-likeness (QED) is 0.305. The third-order valence-corrected chi connectivity index (χ3v) is 5.60. The summed E-state index contributed by atoms with van der Waals surface area (Å²) in [5.41, 5.74) is 3.20. The molecular formula is C27H27Cl2NO4. The number of hydrogen-bond acceptors (Lipinski definition) is 4. The Morgan fingerprint density at radius 1 is 1.03 bits per heavy atom. The van der Waals surface area contributed by atoms with E-state index in [0.29, 0.717) is 39.3 Å². The third-order valence-electron chi connectivity index (χ3n) is 4.96. The molecule has 0 heterocycles. The number of carbonyl (C=O) groups is 2. The number of hydrogen-bond donors (Lipinski definition) is 1. The molecule has 0 radical (unpaired) electrons. The lowest BCUT2D eigenvalue weighted by Gasteiger charge is -2.15. The van der Waals surface area contributed by atoms with Crippen LogP contribution in [-0.2, 0) is 6.54 Å². The van der Waals surface area contributed by atoms with Crippen molar-refractivity contribution in [3.63, 3.8) is 0 Å². The van der Waals surface area contributed by atoms with Crippen molar-refractivity contribution in [3.05, 3.63) is 81.3 Å². The van der Waals surface area contributed by atoms with Crippen molar-refractivity contribution in [2.75, 3.05) is 6.61 Å². The predicted octanol–water partition coefficient (Wildman–Crippen LogP) is 6.98. The fourth-order valence-electron chi connectivity index (χ4n) is 3.37. The molecule has 0 atom stereocenters. The molecule has 1 amide bonds. The van der Waals surface area contributed by atoms with Crippen molar-refractivity contribution < 1.29 is 19.1 Å². The minimum absolute atomic E-state index is 0.00490. The van der Waals surface area contributed by atoms with Crippen LogP contribution in [0.15, 0.2) is 54.6 Å². The van der Waals surface area contributed by atoms with E-state index in [1.807, 2.05) is 39.0 Å². The highest BCUT2D eigenvalue weighted by molar-refractivity contribution is 6.34. The van der Waals surface area contributed by atoms with E-state index in [4.69, 9.17) is 32.7 Å². The standard InChI is InChI=1S/C27H27Cl2NO4/c1-4-11-33-26-10-6-19(23-12-18(16-31)5-9-24(23)28)13-20(26)15-30-27(32)22-8-7-21(14-25(22)29)34-17(2)3/h5-10,12-14,16-17H,4,11,15H2,1-3H3,(H,30,32). The first kappa shape index (κ1) is 25.6. The second-order valence-electron chi connectivity index (χ2n) is 8.02. The number of nitrogens with one attached hydrogen (secondary N) is 1. The maximum atomic E-state index is 12.9. The van der Waals surface area contributed by atoms with E-state index in [-0.39, 0.29) is 18.6 Å². The van der Waals surface area contributed by atoms with Crippen molar-refractivity contribution in [2.24, 2.45) is 0 Å². The maximum Gasteiger partial charge on any atom is 0.253 e. The van der Waals surface area contributed by atoms with Crippen LogP contribution in [0.25, 0.3) is 11.1 Å². The summed E-state index contributed by atoms with van der Waals surface area (Å²) in [6.07, 6.45) is 1.63. The summed E-state index contributed by atoms with van der Waals surface area (Å²) < 4.78 is 11.5. The van der Waals surface area contributed by atoms with Crippen LogP contribution in [-0.4, -0.2) is 24.9 Å². The first-order valence-electron chi connectivity index (χ1n) is 11.1. The van der Waals surface area contributed by atoms with Crippen molar-refractivity contribution in [1.29, 1.82) is 0 Å². The van der Waals surface area contributed by atoms with Gasteiger partial charge in [-0.15, -0.1) is 0 Å². The Kier molecular flexibility index (Phi) is 8.97. The van der Waals surface area contributed by atoms with Crippen molar-refractivity contribution in [1.82, 2.24) is 5.32 Å². The smallest absolute Gasteiger partial charge is 0.253 e. The van der Waals surface area contributed by atoms with Gasteiger partial charge in [0.1, 0.15) is 17.8 Å².